The van der Waals surface area contributed by atoms with Crippen LogP contribution in [0.15, 0.2) is 0 Å². The number of phosphoric acid groups is 2. The number of carbonyl (C=O) groups excluding carboxylic acids is 4. The maximum absolute atomic E-state index is 13.0. The van der Waals surface area contributed by atoms with Crippen LogP contribution in [0.25, 0.3) is 0 Å². The van der Waals surface area contributed by atoms with Crippen LogP contribution >= 0.6 is 15.6 Å². The third kappa shape index (κ3) is 63.5. The predicted molar refractivity (Wildman–Crippen MR) is 363 cm³/mol. The Morgan fingerprint density at radius 1 is 0.322 bits per heavy atom. The van der Waals surface area contributed by atoms with Gasteiger partial charge in [0.2, 0.25) is 0 Å². The van der Waals surface area contributed by atoms with E-state index in [1.54, 1.807) is 0 Å². The Morgan fingerprint density at radius 2 is 0.567 bits per heavy atom. The van der Waals surface area contributed by atoms with Gasteiger partial charge in [-0.15, -0.1) is 0 Å². The van der Waals surface area contributed by atoms with Gasteiger partial charge < -0.3 is 33.8 Å². The zero-order chi connectivity index (χ0) is 66.6. The maximum Gasteiger partial charge on any atom is 0.472 e. The largest absolute Gasteiger partial charge is 0.472 e. The summed E-state index contributed by atoms with van der Waals surface area (Å²) in [7, 11) is -9.90. The quantitative estimate of drug-likeness (QED) is 0.0222. The van der Waals surface area contributed by atoms with Crippen LogP contribution in [-0.2, 0) is 65.4 Å². The normalized spacial score (nSPS) is 14.5. The number of rotatable bonds is 69. The van der Waals surface area contributed by atoms with Gasteiger partial charge in [-0.25, -0.2) is 9.13 Å². The molecule has 3 unspecified atom stereocenters. The fourth-order valence-corrected chi connectivity index (χ4v) is 12.3. The van der Waals surface area contributed by atoms with Gasteiger partial charge in [-0.1, -0.05) is 305 Å². The minimum absolute atomic E-state index is 0.104. The van der Waals surface area contributed by atoms with E-state index in [9.17, 15) is 43.2 Å². The number of unbranched alkanes of at least 4 members (excludes halogenated alkanes) is 36. The van der Waals surface area contributed by atoms with Gasteiger partial charge in [0.25, 0.3) is 0 Å². The van der Waals surface area contributed by atoms with E-state index in [1.807, 2.05) is 0 Å². The molecule has 0 fully saturated rings. The monoisotopic (exact) mass is 1320 g/mol. The molecule has 3 N–H and O–H groups in total. The highest BCUT2D eigenvalue weighted by atomic mass is 31.2. The number of esters is 4. The number of phosphoric ester groups is 2. The van der Waals surface area contributed by atoms with Crippen molar-refractivity contribution in [3.05, 3.63) is 0 Å². The molecule has 0 rings (SSSR count). The molecule has 0 saturated carbocycles. The van der Waals surface area contributed by atoms with Gasteiger partial charge >= 0.3 is 39.5 Å². The van der Waals surface area contributed by atoms with Crippen molar-refractivity contribution in [2.24, 2.45) is 17.8 Å². The van der Waals surface area contributed by atoms with Crippen molar-refractivity contribution in [1.82, 2.24) is 0 Å². The lowest BCUT2D eigenvalue weighted by Crippen LogP contribution is -2.30. The highest BCUT2D eigenvalue weighted by molar-refractivity contribution is 7.47. The predicted octanol–water partition coefficient (Wildman–Crippen LogP) is 20.2. The van der Waals surface area contributed by atoms with Crippen molar-refractivity contribution in [3.8, 4) is 0 Å². The van der Waals surface area contributed by atoms with Crippen molar-refractivity contribution in [3.63, 3.8) is 0 Å². The first kappa shape index (κ1) is 88.1. The third-order valence-electron chi connectivity index (χ3n) is 16.7. The SMILES string of the molecule is CCCCCCCCCCCCCCCCC(=O)O[C@H](COC(=O)CCCCCCCCCCCCC(C)C)COP(=O)(O)OC[C@@H](O)COP(=O)(O)OC[C@@H](COC(=O)CCCCCCCCCCC(C)C)OC(=O)CCCCCCCCCCC(C)CC. The summed E-state index contributed by atoms with van der Waals surface area (Å²) >= 11 is 0. The standard InChI is InChI=1S/C71H138O17P2/c1-8-10-11-12-13-14-15-16-17-18-23-33-40-47-54-70(75)87-66(58-81-68(73)52-45-38-31-22-20-19-21-28-35-42-49-62(3)4)60-85-89(77,78)83-56-65(72)57-84-90(79,80)86-61-67(59-82-69(74)53-46-39-32-26-24-29-36-43-50-63(5)6)88-71(76)55-48-41-34-27-25-30-37-44-51-64(7)9-2/h62-67,72H,8-61H2,1-7H3,(H,77,78)(H,79,80)/t64?,65-,66-,67-/m1/s1. The molecule has 0 radical (unpaired) electrons. The first-order valence-electron chi connectivity index (χ1n) is 36.9. The summed E-state index contributed by atoms with van der Waals surface area (Å²) in [4.78, 5) is 72.6. The van der Waals surface area contributed by atoms with Crippen LogP contribution in [0.2, 0.25) is 0 Å². The lowest BCUT2D eigenvalue weighted by molar-refractivity contribution is -0.161. The second-order valence-corrected chi connectivity index (χ2v) is 29.7. The van der Waals surface area contributed by atoms with Gasteiger partial charge in [0.1, 0.15) is 19.3 Å². The molecule has 90 heavy (non-hydrogen) atoms. The Labute approximate surface area is 549 Å². The van der Waals surface area contributed by atoms with E-state index in [4.69, 9.17) is 37.0 Å². The first-order valence-corrected chi connectivity index (χ1v) is 39.9. The van der Waals surface area contributed by atoms with Gasteiger partial charge in [0.15, 0.2) is 12.2 Å². The fourth-order valence-electron chi connectivity index (χ4n) is 10.7. The molecule has 6 atom stereocenters. The van der Waals surface area contributed by atoms with Crippen LogP contribution in [0, 0.1) is 17.8 Å². The highest BCUT2D eigenvalue weighted by Crippen LogP contribution is 2.45. The second-order valence-electron chi connectivity index (χ2n) is 26.8. The molecule has 0 heterocycles. The van der Waals surface area contributed by atoms with E-state index in [0.717, 1.165) is 108 Å². The third-order valence-corrected chi connectivity index (χ3v) is 18.6. The van der Waals surface area contributed by atoms with Gasteiger partial charge in [0.05, 0.1) is 26.4 Å². The van der Waals surface area contributed by atoms with E-state index >= 15 is 0 Å². The second kappa shape index (κ2) is 61.9. The molecule has 534 valence electrons. The molecule has 0 aromatic heterocycles. The smallest absolute Gasteiger partial charge is 0.462 e. The molecule has 19 heteroatoms. The molecule has 0 amide bonds. The van der Waals surface area contributed by atoms with Gasteiger partial charge in [-0.2, -0.15) is 0 Å². The zero-order valence-electron chi connectivity index (χ0n) is 58.6. The molecule has 0 spiro atoms. The maximum atomic E-state index is 13.0. The molecule has 0 aliphatic heterocycles. The molecular formula is C71H138O17P2. The average molecular weight is 1330 g/mol. The Kier molecular flexibility index (Phi) is 60.6. The zero-order valence-corrected chi connectivity index (χ0v) is 60.4. The lowest BCUT2D eigenvalue weighted by Gasteiger charge is -2.21. The number of hydrogen-bond acceptors (Lipinski definition) is 15. The summed E-state index contributed by atoms with van der Waals surface area (Å²) in [6.07, 6.45) is 45.7. The molecule has 17 nitrogen and oxygen atoms in total. The average Bonchev–Trinajstić information content (AvgIpc) is 2.82. The Balaban J connectivity index is 5.27. The van der Waals surface area contributed by atoms with Crippen molar-refractivity contribution >= 4 is 39.5 Å². The number of hydrogen-bond donors (Lipinski definition) is 3. The van der Waals surface area contributed by atoms with Crippen LogP contribution < -0.4 is 0 Å². The Morgan fingerprint density at radius 3 is 0.844 bits per heavy atom. The topological polar surface area (TPSA) is 237 Å². The molecule has 0 bridgehead atoms. The van der Waals surface area contributed by atoms with Crippen molar-refractivity contribution in [2.45, 2.75) is 375 Å². The van der Waals surface area contributed by atoms with Crippen LogP contribution in [-0.4, -0.2) is 96.7 Å². The highest BCUT2D eigenvalue weighted by Gasteiger charge is 2.30. The molecule has 0 aliphatic carbocycles. The van der Waals surface area contributed by atoms with Crippen LogP contribution in [0.1, 0.15) is 357 Å². The molecule has 0 aromatic carbocycles. The minimum atomic E-state index is -4.95. The molecular weight excluding hydrogens is 1190 g/mol. The number of aliphatic hydroxyl groups excluding tert-OH is 1. The van der Waals surface area contributed by atoms with Gasteiger partial charge in [0, 0.05) is 25.7 Å². The van der Waals surface area contributed by atoms with Gasteiger partial charge in [-0.05, 0) is 43.4 Å². The first-order chi connectivity index (χ1) is 43.3. The van der Waals surface area contributed by atoms with Crippen LogP contribution in [0.4, 0.5) is 0 Å². The summed E-state index contributed by atoms with van der Waals surface area (Å²) < 4.78 is 68.3. The summed E-state index contributed by atoms with van der Waals surface area (Å²) in [5, 5.41) is 10.6. The van der Waals surface area contributed by atoms with E-state index in [2.05, 4.69) is 48.5 Å². The van der Waals surface area contributed by atoms with Crippen molar-refractivity contribution in [1.29, 1.82) is 0 Å². The van der Waals surface area contributed by atoms with E-state index in [-0.39, 0.29) is 25.7 Å². The molecule has 0 saturated heterocycles. The van der Waals surface area contributed by atoms with Crippen molar-refractivity contribution in [2.75, 3.05) is 39.6 Å². The van der Waals surface area contributed by atoms with Crippen LogP contribution in [0.5, 0.6) is 0 Å². The van der Waals surface area contributed by atoms with Gasteiger partial charge in [-0.3, -0.25) is 37.3 Å². The molecule has 0 aliphatic rings. The lowest BCUT2D eigenvalue weighted by atomic mass is 9.99. The minimum Gasteiger partial charge on any atom is -0.462 e. The Hall–Kier alpha value is -1.94. The van der Waals surface area contributed by atoms with E-state index in [1.165, 1.54) is 167 Å². The fraction of sp³-hybridized carbons (Fsp3) is 0.944. The Bertz CT molecular complexity index is 1770. The molecule has 0 aromatic rings. The summed E-state index contributed by atoms with van der Waals surface area (Å²) in [6.45, 7) is 11.8. The number of aliphatic hydroxyl groups is 1. The van der Waals surface area contributed by atoms with E-state index < -0.39 is 97.5 Å². The summed E-state index contributed by atoms with van der Waals surface area (Å²) in [6, 6.07) is 0. The number of ether oxygens (including phenoxy) is 4. The summed E-state index contributed by atoms with van der Waals surface area (Å²) in [5.74, 6) is 0.129. The van der Waals surface area contributed by atoms with Crippen molar-refractivity contribution < 1.29 is 80.2 Å². The number of carbonyl (C=O) groups is 4. The summed E-state index contributed by atoms with van der Waals surface area (Å²) in [5.41, 5.74) is 0. The van der Waals surface area contributed by atoms with Crippen LogP contribution in [0.3, 0.4) is 0 Å². The van der Waals surface area contributed by atoms with E-state index in [0.29, 0.717) is 25.7 Å².